The molecule has 148 valence electrons. The minimum absolute atomic E-state index is 0.132. The van der Waals surface area contributed by atoms with Crippen LogP contribution in [0.4, 0.5) is 4.79 Å². The van der Waals surface area contributed by atoms with Crippen LogP contribution in [0.5, 0.6) is 16.7 Å². The summed E-state index contributed by atoms with van der Waals surface area (Å²) in [4.78, 5) is 13.4. The van der Waals surface area contributed by atoms with Crippen LogP contribution >= 0.6 is 22.7 Å². The Bertz CT molecular complexity index is 906. The molecule has 0 spiro atoms. The molecule has 2 heterocycles. The Hall–Kier alpha value is -2.65. The van der Waals surface area contributed by atoms with Gasteiger partial charge in [-0.05, 0) is 56.7 Å². The average molecular weight is 419 g/mol. The molecule has 3 rings (SSSR count). The Labute approximate surface area is 171 Å². The number of benzene rings is 1. The Kier molecular flexibility index (Phi) is 6.83. The molecule has 7 nitrogen and oxygen atoms in total. The van der Waals surface area contributed by atoms with E-state index in [0.717, 1.165) is 22.1 Å². The van der Waals surface area contributed by atoms with Crippen molar-refractivity contribution in [2.45, 2.75) is 26.4 Å². The van der Waals surface area contributed by atoms with Crippen LogP contribution in [0, 0.1) is 0 Å². The number of hydrogen-bond donors (Lipinski definition) is 2. The SMILES string of the molecule is CNC(=O)NCCc1ccc(-c2nnc(Oc3ccc(OC(C)C)cc3)s2)s1. The molecule has 0 aliphatic carbocycles. The summed E-state index contributed by atoms with van der Waals surface area (Å²) in [7, 11) is 1.60. The van der Waals surface area contributed by atoms with E-state index in [-0.39, 0.29) is 12.1 Å². The Morgan fingerprint density at radius 3 is 2.54 bits per heavy atom. The molecule has 0 bridgehead atoms. The summed E-state index contributed by atoms with van der Waals surface area (Å²) < 4.78 is 11.4. The van der Waals surface area contributed by atoms with Crippen molar-refractivity contribution in [1.29, 1.82) is 0 Å². The zero-order valence-electron chi connectivity index (χ0n) is 15.9. The molecule has 2 amide bonds. The van der Waals surface area contributed by atoms with E-state index in [9.17, 15) is 4.79 Å². The third-order valence-electron chi connectivity index (χ3n) is 3.56. The fraction of sp³-hybridized carbons (Fsp3) is 0.316. The maximum absolute atomic E-state index is 11.2. The van der Waals surface area contributed by atoms with Crippen LogP contribution in [0.2, 0.25) is 0 Å². The third-order valence-corrected chi connectivity index (χ3v) is 5.68. The van der Waals surface area contributed by atoms with Gasteiger partial charge in [0.1, 0.15) is 11.5 Å². The maximum atomic E-state index is 11.2. The van der Waals surface area contributed by atoms with Crippen LogP contribution in [0.15, 0.2) is 36.4 Å². The molecule has 0 radical (unpaired) electrons. The van der Waals surface area contributed by atoms with Gasteiger partial charge in [-0.2, -0.15) is 0 Å². The molecule has 9 heteroatoms. The van der Waals surface area contributed by atoms with Crippen LogP contribution in [-0.4, -0.2) is 35.9 Å². The highest BCUT2D eigenvalue weighted by molar-refractivity contribution is 7.22. The lowest BCUT2D eigenvalue weighted by atomic mass is 10.3. The molecule has 0 saturated carbocycles. The van der Waals surface area contributed by atoms with E-state index in [0.29, 0.717) is 17.5 Å². The van der Waals surface area contributed by atoms with Gasteiger partial charge in [0.25, 0.3) is 5.19 Å². The van der Waals surface area contributed by atoms with Gasteiger partial charge in [0.05, 0.1) is 11.0 Å². The first-order valence-corrected chi connectivity index (χ1v) is 10.5. The molecule has 28 heavy (non-hydrogen) atoms. The van der Waals surface area contributed by atoms with E-state index in [4.69, 9.17) is 9.47 Å². The predicted octanol–water partition coefficient (Wildman–Crippen LogP) is 4.32. The summed E-state index contributed by atoms with van der Waals surface area (Å²) >= 11 is 3.03. The van der Waals surface area contributed by atoms with Crippen molar-refractivity contribution in [3.05, 3.63) is 41.3 Å². The number of carbonyl (C=O) groups is 1. The number of hydrogen-bond acceptors (Lipinski definition) is 7. The van der Waals surface area contributed by atoms with E-state index < -0.39 is 0 Å². The predicted molar refractivity (Wildman–Crippen MR) is 112 cm³/mol. The summed E-state index contributed by atoms with van der Waals surface area (Å²) in [5.74, 6) is 1.49. The lowest BCUT2D eigenvalue weighted by molar-refractivity contribution is 0.242. The fourth-order valence-electron chi connectivity index (χ4n) is 2.32. The van der Waals surface area contributed by atoms with Crippen LogP contribution in [0.3, 0.4) is 0 Å². The first-order valence-electron chi connectivity index (χ1n) is 8.86. The summed E-state index contributed by atoms with van der Waals surface area (Å²) in [5.41, 5.74) is 0. The van der Waals surface area contributed by atoms with Crippen LogP contribution in [0.1, 0.15) is 18.7 Å². The summed E-state index contributed by atoms with van der Waals surface area (Å²) in [6.45, 7) is 4.56. The van der Waals surface area contributed by atoms with E-state index in [2.05, 4.69) is 20.8 Å². The van der Waals surface area contributed by atoms with E-state index >= 15 is 0 Å². The van der Waals surface area contributed by atoms with Crippen molar-refractivity contribution in [3.63, 3.8) is 0 Å². The molecule has 3 aromatic rings. The molecule has 0 fully saturated rings. The highest BCUT2D eigenvalue weighted by Crippen LogP contribution is 2.35. The van der Waals surface area contributed by atoms with Gasteiger partial charge in [0.2, 0.25) is 0 Å². The van der Waals surface area contributed by atoms with E-state index in [1.807, 2.05) is 50.2 Å². The molecular formula is C19H22N4O3S2. The lowest BCUT2D eigenvalue weighted by Gasteiger charge is -2.09. The zero-order valence-corrected chi connectivity index (χ0v) is 17.5. The third kappa shape index (κ3) is 5.67. The smallest absolute Gasteiger partial charge is 0.314 e. The second-order valence-electron chi connectivity index (χ2n) is 6.14. The van der Waals surface area contributed by atoms with Gasteiger partial charge >= 0.3 is 6.03 Å². The number of urea groups is 1. The Balaban J connectivity index is 1.57. The molecule has 0 saturated heterocycles. The highest BCUT2D eigenvalue weighted by atomic mass is 32.1. The summed E-state index contributed by atoms with van der Waals surface area (Å²) in [6, 6.07) is 11.3. The van der Waals surface area contributed by atoms with Crippen molar-refractivity contribution in [1.82, 2.24) is 20.8 Å². The quantitative estimate of drug-likeness (QED) is 0.569. The lowest BCUT2D eigenvalue weighted by Crippen LogP contribution is -2.33. The molecule has 0 aliphatic heterocycles. The molecule has 2 aromatic heterocycles. The molecule has 0 aliphatic rings. The number of ether oxygens (including phenoxy) is 2. The monoisotopic (exact) mass is 418 g/mol. The average Bonchev–Trinajstić information content (AvgIpc) is 3.32. The largest absolute Gasteiger partial charge is 0.491 e. The number of thiophene rings is 1. The van der Waals surface area contributed by atoms with Crippen molar-refractivity contribution in [2.75, 3.05) is 13.6 Å². The van der Waals surface area contributed by atoms with Gasteiger partial charge in [-0.15, -0.1) is 16.4 Å². The molecule has 0 atom stereocenters. The first-order chi connectivity index (χ1) is 13.5. The molecular weight excluding hydrogens is 396 g/mol. The zero-order chi connectivity index (χ0) is 19.9. The number of nitrogens with zero attached hydrogens (tertiary/aromatic N) is 2. The van der Waals surface area contributed by atoms with Crippen LogP contribution in [-0.2, 0) is 6.42 Å². The second kappa shape index (κ2) is 9.52. The van der Waals surface area contributed by atoms with Crippen molar-refractivity contribution in [2.24, 2.45) is 0 Å². The van der Waals surface area contributed by atoms with Gasteiger partial charge < -0.3 is 20.1 Å². The van der Waals surface area contributed by atoms with Crippen molar-refractivity contribution >= 4 is 28.7 Å². The first kappa shape index (κ1) is 20.1. The molecule has 2 N–H and O–H groups in total. The van der Waals surface area contributed by atoms with Crippen molar-refractivity contribution in [3.8, 4) is 26.6 Å². The number of aromatic nitrogens is 2. The van der Waals surface area contributed by atoms with Crippen LogP contribution < -0.4 is 20.1 Å². The van der Waals surface area contributed by atoms with Gasteiger partial charge in [-0.25, -0.2) is 4.79 Å². The Morgan fingerprint density at radius 2 is 1.82 bits per heavy atom. The number of rotatable bonds is 8. The molecule has 0 unspecified atom stereocenters. The van der Waals surface area contributed by atoms with Gasteiger partial charge in [0.15, 0.2) is 5.01 Å². The minimum atomic E-state index is -0.175. The summed E-state index contributed by atoms with van der Waals surface area (Å²) in [6.07, 6.45) is 0.901. The van der Waals surface area contributed by atoms with Gasteiger partial charge in [-0.3, -0.25) is 0 Å². The van der Waals surface area contributed by atoms with Gasteiger partial charge in [-0.1, -0.05) is 16.4 Å². The van der Waals surface area contributed by atoms with E-state index in [1.54, 1.807) is 18.4 Å². The van der Waals surface area contributed by atoms with Crippen LogP contribution in [0.25, 0.3) is 9.88 Å². The number of carbonyl (C=O) groups excluding carboxylic acids is 1. The normalized spacial score (nSPS) is 10.7. The van der Waals surface area contributed by atoms with E-state index in [1.165, 1.54) is 16.2 Å². The Morgan fingerprint density at radius 1 is 1.07 bits per heavy atom. The summed E-state index contributed by atoms with van der Waals surface area (Å²) in [5, 5.41) is 15.0. The number of nitrogens with one attached hydrogen (secondary N) is 2. The highest BCUT2D eigenvalue weighted by Gasteiger charge is 2.11. The topological polar surface area (TPSA) is 85.4 Å². The second-order valence-corrected chi connectivity index (χ2v) is 8.24. The molecule has 1 aromatic carbocycles. The fourth-order valence-corrected chi connectivity index (χ4v) is 4.10. The standard InChI is InChI=1S/C19H22N4O3S2/c1-12(2)25-13-4-6-14(7-5-13)26-19-23-22-17(28-19)16-9-8-15(27-16)10-11-21-18(24)20-3/h4-9,12H,10-11H2,1-3H3,(H2,20,21,24). The van der Waals surface area contributed by atoms with Gasteiger partial charge in [0, 0.05) is 18.5 Å². The maximum Gasteiger partial charge on any atom is 0.314 e. The van der Waals surface area contributed by atoms with Crippen molar-refractivity contribution < 1.29 is 14.3 Å². The minimum Gasteiger partial charge on any atom is -0.491 e. The number of amides is 2.